The summed E-state index contributed by atoms with van der Waals surface area (Å²) >= 11 is 6.12. The first-order valence-electron chi connectivity index (χ1n) is 9.19. The molecule has 0 fully saturated rings. The van der Waals surface area contributed by atoms with Crippen molar-refractivity contribution in [3.63, 3.8) is 0 Å². The maximum Gasteiger partial charge on any atom is 0.242 e. The molecule has 6 heteroatoms. The number of hydrogen-bond donors (Lipinski definition) is 0. The van der Waals surface area contributed by atoms with Gasteiger partial charge in [-0.05, 0) is 61.4 Å². The number of carbonyl (C=O) groups excluding carboxylic acids is 1. The lowest BCUT2D eigenvalue weighted by Crippen LogP contribution is -2.40. The van der Waals surface area contributed by atoms with Gasteiger partial charge in [-0.3, -0.25) is 4.79 Å². The van der Waals surface area contributed by atoms with Crippen LogP contribution in [0.3, 0.4) is 0 Å². The van der Waals surface area contributed by atoms with Crippen molar-refractivity contribution in [2.75, 3.05) is 23.0 Å². The largest absolute Gasteiger partial charge is 0.311 e. The number of carbonyl (C=O) groups is 1. The van der Waals surface area contributed by atoms with Crippen molar-refractivity contribution in [3.05, 3.63) is 64.2 Å². The molecule has 0 spiro atoms. The molecule has 0 atom stereocenters. The SMILES string of the molecule is Cc1cc(Cl)cc2c1N(C(=O)CS(=O)(=O)CCCc1ccccc1)CCC2. The second-order valence-corrected chi connectivity index (χ2v) is 9.68. The minimum Gasteiger partial charge on any atom is -0.311 e. The molecular weight excluding hydrogens is 382 g/mol. The molecule has 1 aliphatic heterocycles. The molecule has 0 N–H and O–H groups in total. The molecule has 4 nitrogen and oxygen atoms in total. The smallest absolute Gasteiger partial charge is 0.242 e. The highest BCUT2D eigenvalue weighted by atomic mass is 35.5. The van der Waals surface area contributed by atoms with Crippen molar-refractivity contribution in [1.29, 1.82) is 0 Å². The first-order chi connectivity index (χ1) is 12.9. The van der Waals surface area contributed by atoms with Gasteiger partial charge < -0.3 is 4.90 Å². The minimum absolute atomic E-state index is 0.0218. The number of hydrogen-bond acceptors (Lipinski definition) is 3. The molecule has 0 saturated carbocycles. The lowest BCUT2D eigenvalue weighted by Gasteiger charge is -2.31. The molecule has 1 heterocycles. The number of aryl methyl sites for hydroxylation is 3. The number of rotatable bonds is 6. The maximum atomic E-state index is 12.8. The predicted molar refractivity (Wildman–Crippen MR) is 110 cm³/mol. The number of anilines is 1. The summed E-state index contributed by atoms with van der Waals surface area (Å²) in [6.07, 6.45) is 2.88. The van der Waals surface area contributed by atoms with Crippen LogP contribution in [-0.2, 0) is 27.5 Å². The molecule has 0 saturated heterocycles. The van der Waals surface area contributed by atoms with Crippen molar-refractivity contribution >= 4 is 33.0 Å². The van der Waals surface area contributed by atoms with E-state index in [9.17, 15) is 13.2 Å². The van der Waals surface area contributed by atoms with E-state index in [1.807, 2.05) is 49.4 Å². The zero-order valence-corrected chi connectivity index (χ0v) is 17.0. The Morgan fingerprint density at radius 3 is 2.67 bits per heavy atom. The summed E-state index contributed by atoms with van der Waals surface area (Å²) in [5, 5.41) is 0.647. The molecule has 1 aliphatic rings. The average molecular weight is 406 g/mol. The Balaban J connectivity index is 1.65. The van der Waals surface area contributed by atoms with Crippen molar-refractivity contribution in [1.82, 2.24) is 0 Å². The highest BCUT2D eigenvalue weighted by Gasteiger charge is 2.28. The Labute approximate surface area is 166 Å². The third-order valence-electron chi connectivity index (χ3n) is 4.85. The number of sulfone groups is 1. The molecule has 0 radical (unpaired) electrons. The van der Waals surface area contributed by atoms with Gasteiger partial charge in [0.15, 0.2) is 9.84 Å². The van der Waals surface area contributed by atoms with Crippen LogP contribution in [0.4, 0.5) is 5.69 Å². The summed E-state index contributed by atoms with van der Waals surface area (Å²) < 4.78 is 24.9. The lowest BCUT2D eigenvalue weighted by atomic mass is 9.98. The summed E-state index contributed by atoms with van der Waals surface area (Å²) in [7, 11) is -3.44. The summed E-state index contributed by atoms with van der Waals surface area (Å²) in [6, 6.07) is 13.5. The summed E-state index contributed by atoms with van der Waals surface area (Å²) in [6.45, 7) is 2.46. The van der Waals surface area contributed by atoms with Crippen LogP contribution >= 0.6 is 11.6 Å². The van der Waals surface area contributed by atoms with Gasteiger partial charge in [-0.15, -0.1) is 0 Å². The van der Waals surface area contributed by atoms with Gasteiger partial charge in [-0.1, -0.05) is 41.9 Å². The number of halogens is 1. The highest BCUT2D eigenvalue weighted by molar-refractivity contribution is 7.92. The molecule has 1 amide bonds. The van der Waals surface area contributed by atoms with Crippen LogP contribution in [0.25, 0.3) is 0 Å². The van der Waals surface area contributed by atoms with E-state index in [0.717, 1.165) is 35.2 Å². The van der Waals surface area contributed by atoms with Crippen LogP contribution in [-0.4, -0.2) is 32.4 Å². The number of amides is 1. The molecule has 2 aromatic carbocycles. The zero-order chi connectivity index (χ0) is 19.4. The van der Waals surface area contributed by atoms with Gasteiger partial charge in [0.1, 0.15) is 5.75 Å². The van der Waals surface area contributed by atoms with Gasteiger partial charge in [0.2, 0.25) is 5.91 Å². The molecule has 0 unspecified atom stereocenters. The first kappa shape index (κ1) is 19.9. The second-order valence-electron chi connectivity index (χ2n) is 7.06. The third kappa shape index (κ3) is 5.11. The quantitative estimate of drug-likeness (QED) is 0.730. The molecule has 27 heavy (non-hydrogen) atoms. The third-order valence-corrected chi connectivity index (χ3v) is 6.67. The van der Waals surface area contributed by atoms with E-state index in [-0.39, 0.29) is 11.7 Å². The van der Waals surface area contributed by atoms with Gasteiger partial charge in [0.25, 0.3) is 0 Å². The van der Waals surface area contributed by atoms with Crippen molar-refractivity contribution < 1.29 is 13.2 Å². The lowest BCUT2D eigenvalue weighted by molar-refractivity contribution is -0.116. The van der Waals surface area contributed by atoms with E-state index in [2.05, 4.69) is 0 Å². The van der Waals surface area contributed by atoms with E-state index in [0.29, 0.717) is 24.4 Å². The molecule has 2 aromatic rings. The maximum absolute atomic E-state index is 12.8. The van der Waals surface area contributed by atoms with Gasteiger partial charge in [0.05, 0.1) is 5.75 Å². The van der Waals surface area contributed by atoms with E-state index in [4.69, 9.17) is 11.6 Å². The van der Waals surface area contributed by atoms with Gasteiger partial charge in [-0.25, -0.2) is 8.42 Å². The molecule has 0 bridgehead atoms. The monoisotopic (exact) mass is 405 g/mol. The van der Waals surface area contributed by atoms with Crippen LogP contribution in [0.1, 0.15) is 29.5 Å². The Kier molecular flexibility index (Phi) is 6.22. The summed E-state index contributed by atoms with van der Waals surface area (Å²) in [5.41, 5.74) is 3.86. The van der Waals surface area contributed by atoms with E-state index < -0.39 is 15.6 Å². The van der Waals surface area contributed by atoms with E-state index >= 15 is 0 Å². The predicted octanol–water partition coefficient (Wildman–Crippen LogP) is 3.98. The number of nitrogens with zero attached hydrogens (tertiary/aromatic N) is 1. The van der Waals surface area contributed by atoms with Crippen LogP contribution in [0, 0.1) is 6.92 Å². The van der Waals surface area contributed by atoms with E-state index in [1.165, 1.54) is 0 Å². The average Bonchev–Trinajstić information content (AvgIpc) is 2.61. The molecule has 3 rings (SSSR count). The summed E-state index contributed by atoms with van der Waals surface area (Å²) in [5.74, 6) is -0.766. The fourth-order valence-electron chi connectivity index (χ4n) is 3.65. The number of fused-ring (bicyclic) bond motifs is 1. The van der Waals surface area contributed by atoms with E-state index in [1.54, 1.807) is 4.90 Å². The first-order valence-corrected chi connectivity index (χ1v) is 11.4. The Morgan fingerprint density at radius 1 is 1.19 bits per heavy atom. The standard InChI is InChI=1S/C21H24ClNO3S/c1-16-13-19(22)14-18-10-5-11-23(21(16)18)20(24)15-27(25,26)12-6-9-17-7-3-2-4-8-17/h2-4,7-8,13-14H,5-6,9-12,15H2,1H3. The van der Waals surface area contributed by atoms with Crippen LogP contribution in [0.2, 0.25) is 5.02 Å². The zero-order valence-electron chi connectivity index (χ0n) is 15.4. The second kappa shape index (κ2) is 8.44. The van der Waals surface area contributed by atoms with Crippen LogP contribution < -0.4 is 4.90 Å². The number of benzene rings is 2. The fraction of sp³-hybridized carbons (Fsp3) is 0.381. The molecule has 144 valence electrons. The van der Waals surface area contributed by atoms with Crippen LogP contribution in [0.5, 0.6) is 0 Å². The van der Waals surface area contributed by atoms with Crippen LogP contribution in [0.15, 0.2) is 42.5 Å². The van der Waals surface area contributed by atoms with Gasteiger partial charge in [0, 0.05) is 17.3 Å². The molecule has 0 aliphatic carbocycles. The Bertz CT molecular complexity index is 926. The highest BCUT2D eigenvalue weighted by Crippen LogP contribution is 2.33. The summed E-state index contributed by atoms with van der Waals surface area (Å²) in [4.78, 5) is 14.4. The molecular formula is C21H24ClNO3S. The fourth-order valence-corrected chi connectivity index (χ4v) is 5.21. The topological polar surface area (TPSA) is 54.5 Å². The van der Waals surface area contributed by atoms with Gasteiger partial charge >= 0.3 is 0 Å². The molecule has 0 aromatic heterocycles. The van der Waals surface area contributed by atoms with Gasteiger partial charge in [-0.2, -0.15) is 0 Å². The normalized spacial score (nSPS) is 14.1. The Hall–Kier alpha value is -1.85. The van der Waals surface area contributed by atoms with Crippen molar-refractivity contribution in [3.8, 4) is 0 Å². The Morgan fingerprint density at radius 2 is 1.93 bits per heavy atom. The van der Waals surface area contributed by atoms with Crippen molar-refractivity contribution in [2.24, 2.45) is 0 Å². The van der Waals surface area contributed by atoms with Crippen molar-refractivity contribution in [2.45, 2.75) is 32.6 Å². The minimum atomic E-state index is -3.44.